The van der Waals surface area contributed by atoms with Crippen molar-refractivity contribution in [2.45, 2.75) is 26.2 Å². The van der Waals surface area contributed by atoms with E-state index in [-0.39, 0.29) is 11.8 Å². The Kier molecular flexibility index (Phi) is 6.63. The van der Waals surface area contributed by atoms with Crippen molar-refractivity contribution in [3.05, 3.63) is 54.4 Å². The second-order valence-corrected chi connectivity index (χ2v) is 8.30. The molecule has 1 aromatic carbocycles. The van der Waals surface area contributed by atoms with Crippen LogP contribution in [0.2, 0.25) is 0 Å². The summed E-state index contributed by atoms with van der Waals surface area (Å²) >= 11 is 1.56. The maximum absolute atomic E-state index is 12.7. The summed E-state index contributed by atoms with van der Waals surface area (Å²) in [5.41, 5.74) is 1.19. The molecule has 0 saturated carbocycles. The van der Waals surface area contributed by atoms with Gasteiger partial charge in [0, 0.05) is 32.0 Å². The smallest absolute Gasteiger partial charge is 0.224 e. The van der Waals surface area contributed by atoms with Crippen molar-refractivity contribution in [2.24, 2.45) is 5.92 Å². The molecule has 158 valence electrons. The number of carbonyl (C=O) groups is 1. The molecule has 1 fully saturated rings. The summed E-state index contributed by atoms with van der Waals surface area (Å²) in [7, 11) is 0. The minimum absolute atomic E-state index is 0.0157. The maximum Gasteiger partial charge on any atom is 0.224 e. The first-order valence-electron chi connectivity index (χ1n) is 10.4. The first-order valence-corrected chi connectivity index (χ1v) is 11.3. The molecule has 1 saturated heterocycles. The molecule has 1 aliphatic rings. The minimum atomic E-state index is -0.0157. The van der Waals surface area contributed by atoms with Gasteiger partial charge in [0.05, 0.1) is 12.5 Å². The number of hydrogen-bond donors (Lipinski definition) is 1. The van der Waals surface area contributed by atoms with E-state index in [1.807, 2.05) is 48.1 Å². The summed E-state index contributed by atoms with van der Waals surface area (Å²) in [5, 5.41) is 13.5. The van der Waals surface area contributed by atoms with Crippen LogP contribution in [0.25, 0.3) is 5.13 Å². The van der Waals surface area contributed by atoms with Gasteiger partial charge >= 0.3 is 0 Å². The highest BCUT2D eigenvalue weighted by molar-refractivity contribution is 7.17. The molecule has 3 aromatic rings. The summed E-state index contributed by atoms with van der Waals surface area (Å²) in [6.45, 7) is 4.88. The molecule has 1 amide bonds. The molecular weight excluding hydrogens is 398 g/mol. The van der Waals surface area contributed by atoms with Crippen LogP contribution in [0.4, 0.5) is 5.13 Å². The molecule has 30 heavy (non-hydrogen) atoms. The topological polar surface area (TPSA) is 72.3 Å². The predicted octanol–water partition coefficient (Wildman–Crippen LogP) is 3.30. The number of anilines is 1. The van der Waals surface area contributed by atoms with E-state index in [2.05, 4.69) is 32.5 Å². The Morgan fingerprint density at radius 3 is 2.73 bits per heavy atom. The number of hydrogen-bond acceptors (Lipinski definition) is 6. The third kappa shape index (κ3) is 4.99. The molecule has 7 nitrogen and oxygen atoms in total. The van der Waals surface area contributed by atoms with Gasteiger partial charge < -0.3 is 15.0 Å². The SMILES string of the molecule is CCOc1ccc(CCNC(=O)[C@H]2CCCN(c3nnc(-n4cccc4)s3)C2)cc1. The van der Waals surface area contributed by atoms with Crippen molar-refractivity contribution in [3.8, 4) is 10.9 Å². The lowest BCUT2D eigenvalue weighted by Crippen LogP contribution is -2.43. The van der Waals surface area contributed by atoms with Gasteiger partial charge in [0.15, 0.2) is 0 Å². The molecule has 0 spiro atoms. The fourth-order valence-electron chi connectivity index (χ4n) is 3.66. The molecule has 4 rings (SSSR count). The highest BCUT2D eigenvalue weighted by Gasteiger charge is 2.27. The Morgan fingerprint density at radius 2 is 1.97 bits per heavy atom. The van der Waals surface area contributed by atoms with E-state index in [0.717, 1.165) is 41.8 Å². The van der Waals surface area contributed by atoms with Gasteiger partial charge in [0.25, 0.3) is 0 Å². The molecular formula is C22H27N5O2S. The zero-order valence-corrected chi connectivity index (χ0v) is 18.0. The third-order valence-corrected chi connectivity index (χ3v) is 6.24. The number of rotatable bonds is 8. The molecule has 1 aliphatic heterocycles. The summed E-state index contributed by atoms with van der Waals surface area (Å²) in [6, 6.07) is 12.0. The van der Waals surface area contributed by atoms with Crippen LogP contribution in [0.5, 0.6) is 5.75 Å². The number of benzene rings is 1. The molecule has 0 radical (unpaired) electrons. The number of piperidine rings is 1. The molecule has 1 atom stereocenters. The Bertz CT molecular complexity index is 939. The molecule has 0 bridgehead atoms. The van der Waals surface area contributed by atoms with Crippen molar-refractivity contribution in [3.63, 3.8) is 0 Å². The Balaban J connectivity index is 1.27. The lowest BCUT2D eigenvalue weighted by molar-refractivity contribution is -0.125. The monoisotopic (exact) mass is 425 g/mol. The van der Waals surface area contributed by atoms with Crippen LogP contribution in [0, 0.1) is 5.92 Å². The van der Waals surface area contributed by atoms with E-state index in [1.54, 1.807) is 11.3 Å². The Morgan fingerprint density at radius 1 is 1.20 bits per heavy atom. The summed E-state index contributed by atoms with van der Waals surface area (Å²) in [5.74, 6) is 0.989. The van der Waals surface area contributed by atoms with Gasteiger partial charge in [-0.2, -0.15) is 0 Å². The molecule has 8 heteroatoms. The van der Waals surface area contributed by atoms with E-state index in [9.17, 15) is 4.79 Å². The van der Waals surface area contributed by atoms with Gasteiger partial charge in [-0.05, 0) is 56.0 Å². The molecule has 1 N–H and O–H groups in total. The second-order valence-electron chi connectivity index (χ2n) is 7.36. The van der Waals surface area contributed by atoms with Crippen molar-refractivity contribution in [1.29, 1.82) is 0 Å². The average Bonchev–Trinajstić information content (AvgIpc) is 3.47. The minimum Gasteiger partial charge on any atom is -0.494 e. The Labute approximate surface area is 180 Å². The number of aromatic nitrogens is 3. The molecule has 0 unspecified atom stereocenters. The van der Waals surface area contributed by atoms with Crippen LogP contribution in [-0.4, -0.2) is 46.9 Å². The number of nitrogens with one attached hydrogen (secondary N) is 1. The summed E-state index contributed by atoms with van der Waals surface area (Å²) < 4.78 is 7.42. The first-order chi connectivity index (χ1) is 14.7. The van der Waals surface area contributed by atoms with Gasteiger partial charge in [0.2, 0.25) is 16.2 Å². The molecule has 0 aliphatic carbocycles. The van der Waals surface area contributed by atoms with Crippen molar-refractivity contribution >= 4 is 22.4 Å². The van der Waals surface area contributed by atoms with Gasteiger partial charge in [-0.1, -0.05) is 23.5 Å². The van der Waals surface area contributed by atoms with E-state index in [1.165, 1.54) is 5.56 Å². The largest absolute Gasteiger partial charge is 0.494 e. The standard InChI is InChI=1S/C22H27N5O2S/c1-2-29-19-9-7-17(8-10-19)11-12-23-20(28)18-6-5-15-27(16-18)22-25-24-21(30-22)26-13-3-4-14-26/h3-4,7-10,13-14,18H,2,5-6,11-12,15-16H2,1H3,(H,23,28)/t18-/m0/s1. The lowest BCUT2D eigenvalue weighted by Gasteiger charge is -2.31. The number of ether oxygens (including phenoxy) is 1. The van der Waals surface area contributed by atoms with E-state index in [0.29, 0.717) is 19.7 Å². The highest BCUT2D eigenvalue weighted by atomic mass is 32.1. The van der Waals surface area contributed by atoms with E-state index < -0.39 is 0 Å². The van der Waals surface area contributed by atoms with Crippen molar-refractivity contribution < 1.29 is 9.53 Å². The fraction of sp³-hybridized carbons (Fsp3) is 0.409. The van der Waals surface area contributed by atoms with Crippen LogP contribution < -0.4 is 15.0 Å². The van der Waals surface area contributed by atoms with E-state index in [4.69, 9.17) is 4.74 Å². The quantitative estimate of drug-likeness (QED) is 0.600. The predicted molar refractivity (Wildman–Crippen MR) is 118 cm³/mol. The lowest BCUT2D eigenvalue weighted by atomic mass is 9.97. The van der Waals surface area contributed by atoms with Crippen LogP contribution in [0.3, 0.4) is 0 Å². The van der Waals surface area contributed by atoms with Gasteiger partial charge in [-0.15, -0.1) is 10.2 Å². The summed E-state index contributed by atoms with van der Waals surface area (Å²) in [6.07, 6.45) is 6.62. The zero-order valence-electron chi connectivity index (χ0n) is 17.2. The fourth-order valence-corrected chi connectivity index (χ4v) is 4.51. The number of nitrogens with zero attached hydrogens (tertiary/aromatic N) is 4. The first kappa shape index (κ1) is 20.4. The van der Waals surface area contributed by atoms with Crippen molar-refractivity contribution in [2.75, 3.05) is 31.1 Å². The molecule has 2 aromatic heterocycles. The van der Waals surface area contributed by atoms with Gasteiger partial charge in [-0.3, -0.25) is 9.36 Å². The number of amides is 1. The van der Waals surface area contributed by atoms with Crippen LogP contribution in [-0.2, 0) is 11.2 Å². The van der Waals surface area contributed by atoms with E-state index >= 15 is 0 Å². The third-order valence-electron chi connectivity index (χ3n) is 5.24. The molecule has 3 heterocycles. The highest BCUT2D eigenvalue weighted by Crippen LogP contribution is 2.27. The van der Waals surface area contributed by atoms with Crippen LogP contribution in [0.15, 0.2) is 48.8 Å². The van der Waals surface area contributed by atoms with Crippen LogP contribution in [0.1, 0.15) is 25.3 Å². The number of carbonyl (C=O) groups excluding carboxylic acids is 1. The average molecular weight is 426 g/mol. The maximum atomic E-state index is 12.7. The summed E-state index contributed by atoms with van der Waals surface area (Å²) in [4.78, 5) is 14.9. The van der Waals surface area contributed by atoms with Crippen LogP contribution >= 0.6 is 11.3 Å². The van der Waals surface area contributed by atoms with Gasteiger partial charge in [-0.25, -0.2) is 0 Å². The van der Waals surface area contributed by atoms with Crippen molar-refractivity contribution in [1.82, 2.24) is 20.1 Å². The second kappa shape index (κ2) is 9.75. The van der Waals surface area contributed by atoms with Gasteiger partial charge in [0.1, 0.15) is 5.75 Å². The normalized spacial score (nSPS) is 16.4. The Hall–Kier alpha value is -2.87. The zero-order chi connectivity index (χ0) is 20.8.